The zero-order valence-electron chi connectivity index (χ0n) is 9.49. The molecule has 0 fully saturated rings. The summed E-state index contributed by atoms with van der Waals surface area (Å²) in [5, 5.41) is 3.26. The molecule has 1 rings (SSSR count). The zero-order chi connectivity index (χ0) is 11.1. The van der Waals surface area contributed by atoms with Gasteiger partial charge in [-0.1, -0.05) is 0 Å². The predicted octanol–water partition coefficient (Wildman–Crippen LogP) is 1.93. The van der Waals surface area contributed by atoms with Crippen molar-refractivity contribution in [2.75, 3.05) is 25.6 Å². The summed E-state index contributed by atoms with van der Waals surface area (Å²) < 4.78 is 10.4. The molecule has 0 saturated heterocycles. The van der Waals surface area contributed by atoms with Gasteiger partial charge < -0.3 is 14.8 Å². The molecule has 1 heterocycles. The second-order valence-electron chi connectivity index (χ2n) is 3.23. The van der Waals surface area contributed by atoms with E-state index in [-0.39, 0.29) is 6.10 Å². The Balaban J connectivity index is 2.43. The van der Waals surface area contributed by atoms with Crippen molar-refractivity contribution >= 4 is 5.69 Å². The van der Waals surface area contributed by atoms with Gasteiger partial charge in [0.15, 0.2) is 0 Å². The van der Waals surface area contributed by atoms with Crippen LogP contribution in [0.4, 0.5) is 5.69 Å². The van der Waals surface area contributed by atoms with Crippen LogP contribution < -0.4 is 10.1 Å². The molecule has 1 N–H and O–H groups in total. The van der Waals surface area contributed by atoms with Crippen LogP contribution in [0.3, 0.4) is 0 Å². The molecule has 4 heteroatoms. The molecule has 0 aliphatic rings. The Hall–Kier alpha value is -1.29. The molecule has 0 spiro atoms. The molecule has 1 unspecified atom stereocenters. The molecule has 1 aromatic rings. The van der Waals surface area contributed by atoms with E-state index < -0.39 is 0 Å². The second-order valence-corrected chi connectivity index (χ2v) is 3.23. The lowest BCUT2D eigenvalue weighted by molar-refractivity contribution is 0.0855. The van der Waals surface area contributed by atoms with E-state index in [4.69, 9.17) is 9.47 Å². The number of hydrogen-bond donors (Lipinski definition) is 1. The number of aromatic nitrogens is 1. The Morgan fingerprint density at radius 2 is 2.33 bits per heavy atom. The first kappa shape index (κ1) is 11.8. The molecule has 1 atom stereocenters. The van der Waals surface area contributed by atoms with Crippen molar-refractivity contribution in [3.63, 3.8) is 0 Å². The topological polar surface area (TPSA) is 43.4 Å². The second kappa shape index (κ2) is 6.24. The average Bonchev–Trinajstić information content (AvgIpc) is 2.27. The van der Waals surface area contributed by atoms with E-state index in [0.29, 0.717) is 5.88 Å². The molecule has 0 aromatic carbocycles. The van der Waals surface area contributed by atoms with Crippen LogP contribution in [0.2, 0.25) is 0 Å². The van der Waals surface area contributed by atoms with Crippen LogP contribution in [-0.2, 0) is 4.74 Å². The van der Waals surface area contributed by atoms with Gasteiger partial charge in [-0.15, -0.1) is 0 Å². The normalized spacial score (nSPS) is 12.2. The number of methoxy groups -OCH3 is 1. The van der Waals surface area contributed by atoms with Gasteiger partial charge in [0.2, 0.25) is 5.88 Å². The molecule has 4 nitrogen and oxygen atoms in total. The molecule has 0 radical (unpaired) electrons. The summed E-state index contributed by atoms with van der Waals surface area (Å²) in [5.74, 6) is 0.615. The van der Waals surface area contributed by atoms with Crippen LogP contribution in [0.25, 0.3) is 0 Å². The van der Waals surface area contributed by atoms with E-state index in [1.165, 1.54) is 0 Å². The zero-order valence-corrected chi connectivity index (χ0v) is 9.49. The van der Waals surface area contributed by atoms with Gasteiger partial charge in [0.1, 0.15) is 0 Å². The first-order valence-corrected chi connectivity index (χ1v) is 5.11. The van der Waals surface area contributed by atoms with Crippen molar-refractivity contribution in [3.05, 3.63) is 18.3 Å². The molecule has 0 saturated carbocycles. The number of ether oxygens (including phenoxy) is 2. The lowest BCUT2D eigenvalue weighted by Gasteiger charge is -2.13. The summed E-state index contributed by atoms with van der Waals surface area (Å²) in [6.45, 7) is 5.55. The van der Waals surface area contributed by atoms with E-state index in [9.17, 15) is 0 Å². The molecule has 15 heavy (non-hydrogen) atoms. The van der Waals surface area contributed by atoms with Gasteiger partial charge >= 0.3 is 0 Å². The van der Waals surface area contributed by atoms with Gasteiger partial charge in [0, 0.05) is 31.1 Å². The minimum atomic E-state index is 0.203. The molecule has 0 aliphatic carbocycles. The van der Waals surface area contributed by atoms with E-state index >= 15 is 0 Å². The smallest absolute Gasteiger partial charge is 0.214 e. The number of hydrogen-bond acceptors (Lipinski definition) is 4. The predicted molar refractivity (Wildman–Crippen MR) is 60.4 cm³/mol. The van der Waals surface area contributed by atoms with E-state index in [1.807, 2.05) is 26.0 Å². The fourth-order valence-electron chi connectivity index (χ4n) is 1.24. The van der Waals surface area contributed by atoms with Gasteiger partial charge in [0.05, 0.1) is 13.2 Å². The monoisotopic (exact) mass is 210 g/mol. The summed E-state index contributed by atoms with van der Waals surface area (Å²) in [5.41, 5.74) is 0.994. The molecule has 0 aliphatic heterocycles. The van der Waals surface area contributed by atoms with Gasteiger partial charge in [-0.05, 0) is 19.9 Å². The van der Waals surface area contributed by atoms with Gasteiger partial charge in [-0.25, -0.2) is 4.98 Å². The number of nitrogens with zero attached hydrogens (tertiary/aromatic N) is 1. The van der Waals surface area contributed by atoms with E-state index in [1.54, 1.807) is 13.3 Å². The Bertz CT molecular complexity index is 292. The first-order chi connectivity index (χ1) is 7.26. The fourth-order valence-corrected chi connectivity index (χ4v) is 1.24. The maximum atomic E-state index is 5.41. The van der Waals surface area contributed by atoms with Crippen molar-refractivity contribution in [3.8, 4) is 5.88 Å². The maximum absolute atomic E-state index is 5.41. The third-order valence-corrected chi connectivity index (χ3v) is 1.99. The van der Waals surface area contributed by atoms with Crippen LogP contribution in [0.15, 0.2) is 18.3 Å². The summed E-state index contributed by atoms with van der Waals surface area (Å²) in [7, 11) is 1.61. The molecule has 0 amide bonds. The summed E-state index contributed by atoms with van der Waals surface area (Å²) in [6.07, 6.45) is 1.92. The summed E-state index contributed by atoms with van der Waals surface area (Å²) >= 11 is 0. The number of nitrogens with one attached hydrogen (secondary N) is 1. The highest BCUT2D eigenvalue weighted by molar-refractivity contribution is 5.44. The number of anilines is 1. The summed E-state index contributed by atoms with van der Waals surface area (Å²) in [6, 6.07) is 3.76. The first-order valence-electron chi connectivity index (χ1n) is 5.11. The Morgan fingerprint density at radius 3 is 3.00 bits per heavy atom. The van der Waals surface area contributed by atoms with Gasteiger partial charge in [-0.3, -0.25) is 0 Å². The van der Waals surface area contributed by atoms with Crippen molar-refractivity contribution < 1.29 is 9.47 Å². The third-order valence-electron chi connectivity index (χ3n) is 1.99. The van der Waals surface area contributed by atoms with Crippen LogP contribution in [0.1, 0.15) is 13.8 Å². The fraction of sp³-hybridized carbons (Fsp3) is 0.545. The van der Waals surface area contributed by atoms with Crippen LogP contribution >= 0.6 is 0 Å². The maximum Gasteiger partial charge on any atom is 0.214 e. The van der Waals surface area contributed by atoms with Crippen molar-refractivity contribution in [2.45, 2.75) is 20.0 Å². The van der Waals surface area contributed by atoms with Crippen LogP contribution in [-0.4, -0.2) is 31.3 Å². The largest absolute Gasteiger partial charge is 0.481 e. The van der Waals surface area contributed by atoms with Crippen molar-refractivity contribution in [1.82, 2.24) is 4.98 Å². The molecule has 0 bridgehead atoms. The van der Waals surface area contributed by atoms with Crippen LogP contribution in [0, 0.1) is 0 Å². The summed E-state index contributed by atoms with van der Waals surface area (Å²) in [4.78, 5) is 4.03. The number of pyridine rings is 1. The minimum Gasteiger partial charge on any atom is -0.481 e. The van der Waals surface area contributed by atoms with E-state index in [0.717, 1.165) is 18.8 Å². The van der Waals surface area contributed by atoms with Crippen molar-refractivity contribution in [1.29, 1.82) is 0 Å². The van der Waals surface area contributed by atoms with Crippen LogP contribution in [0.5, 0.6) is 5.88 Å². The number of rotatable bonds is 6. The Labute approximate surface area is 90.6 Å². The highest BCUT2D eigenvalue weighted by Gasteiger charge is 2.01. The lowest BCUT2D eigenvalue weighted by atomic mass is 10.3. The van der Waals surface area contributed by atoms with Gasteiger partial charge in [-0.2, -0.15) is 0 Å². The molecular formula is C11H18N2O2. The SMILES string of the molecule is CCOC(C)CNc1ccnc(OC)c1. The highest BCUT2D eigenvalue weighted by Crippen LogP contribution is 2.13. The van der Waals surface area contributed by atoms with Gasteiger partial charge in [0.25, 0.3) is 0 Å². The Morgan fingerprint density at radius 1 is 1.53 bits per heavy atom. The third kappa shape index (κ3) is 4.16. The minimum absolute atomic E-state index is 0.203. The lowest BCUT2D eigenvalue weighted by Crippen LogP contribution is -2.19. The van der Waals surface area contributed by atoms with E-state index in [2.05, 4.69) is 10.3 Å². The quantitative estimate of drug-likeness (QED) is 0.779. The Kier molecular flexibility index (Phi) is 4.90. The van der Waals surface area contributed by atoms with Crippen molar-refractivity contribution in [2.24, 2.45) is 0 Å². The molecule has 84 valence electrons. The highest BCUT2D eigenvalue weighted by atomic mass is 16.5. The molecule has 1 aromatic heterocycles. The average molecular weight is 210 g/mol. The molecular weight excluding hydrogens is 192 g/mol. The standard InChI is InChI=1S/C11H18N2O2/c1-4-15-9(2)8-13-10-5-6-12-11(7-10)14-3/h5-7,9H,4,8H2,1-3H3,(H,12,13).